The van der Waals surface area contributed by atoms with Crippen molar-refractivity contribution >= 4 is 62.2 Å². The van der Waals surface area contributed by atoms with Crippen LogP contribution in [0.15, 0.2) is 51.8 Å². The van der Waals surface area contributed by atoms with Gasteiger partial charge in [-0.3, -0.25) is 9.59 Å². The zero-order valence-corrected chi connectivity index (χ0v) is 15.6. The average molecular weight is 425 g/mol. The van der Waals surface area contributed by atoms with Gasteiger partial charge in [0, 0.05) is 15.1 Å². The van der Waals surface area contributed by atoms with E-state index in [1.54, 1.807) is 43.5 Å². The maximum absolute atomic E-state index is 12.6. The molecule has 0 aromatic heterocycles. The summed E-state index contributed by atoms with van der Waals surface area (Å²) < 4.78 is 6.15. The van der Waals surface area contributed by atoms with E-state index in [0.717, 1.165) is 21.1 Å². The van der Waals surface area contributed by atoms with E-state index in [4.69, 9.17) is 16.3 Å². The number of nitrogens with zero attached hydrogens (tertiary/aromatic N) is 1. The Morgan fingerprint density at radius 1 is 1.21 bits per heavy atom. The smallest absolute Gasteiger partial charge is 0.298 e. The van der Waals surface area contributed by atoms with Crippen molar-refractivity contribution in [3.63, 3.8) is 0 Å². The summed E-state index contributed by atoms with van der Waals surface area (Å²) in [7, 11) is 1.55. The van der Waals surface area contributed by atoms with Crippen molar-refractivity contribution in [3.8, 4) is 5.75 Å². The molecule has 3 rings (SSSR count). The fourth-order valence-electron chi connectivity index (χ4n) is 2.26. The summed E-state index contributed by atoms with van der Waals surface area (Å²) in [5.74, 6) is 0.238. The number of anilines is 1. The standard InChI is InChI=1S/C17H11BrClNO3S/c1-23-14-6-5-11(18)7-10(14)8-15-16(21)20(17(22)24-15)13-4-2-3-12(19)9-13/h2-9H,1H3/b15-8+. The number of halogens is 2. The number of rotatable bonds is 3. The number of carbonyl (C=O) groups excluding carboxylic acids is 2. The van der Waals surface area contributed by atoms with Gasteiger partial charge >= 0.3 is 0 Å². The van der Waals surface area contributed by atoms with Crippen LogP contribution in [0.5, 0.6) is 5.75 Å². The first-order valence-corrected chi connectivity index (χ1v) is 8.85. The van der Waals surface area contributed by atoms with E-state index in [0.29, 0.717) is 26.9 Å². The van der Waals surface area contributed by atoms with Gasteiger partial charge in [-0.25, -0.2) is 4.90 Å². The van der Waals surface area contributed by atoms with Crippen LogP contribution in [0.4, 0.5) is 10.5 Å². The fraction of sp³-hybridized carbons (Fsp3) is 0.0588. The van der Waals surface area contributed by atoms with Crippen molar-refractivity contribution in [2.24, 2.45) is 0 Å². The van der Waals surface area contributed by atoms with Crippen molar-refractivity contribution in [2.45, 2.75) is 0 Å². The lowest BCUT2D eigenvalue weighted by molar-refractivity contribution is -0.113. The summed E-state index contributed by atoms with van der Waals surface area (Å²) in [6.45, 7) is 0. The number of benzene rings is 2. The van der Waals surface area contributed by atoms with Crippen LogP contribution in [0.3, 0.4) is 0 Å². The number of carbonyl (C=O) groups is 2. The van der Waals surface area contributed by atoms with Crippen LogP contribution in [0.25, 0.3) is 6.08 Å². The summed E-state index contributed by atoms with van der Waals surface area (Å²) in [4.78, 5) is 26.3. The van der Waals surface area contributed by atoms with Gasteiger partial charge in [0.15, 0.2) is 0 Å². The SMILES string of the molecule is COc1ccc(Br)cc1/C=C1/SC(=O)N(c2cccc(Cl)c2)C1=O. The number of hydrogen-bond acceptors (Lipinski definition) is 4. The highest BCUT2D eigenvalue weighted by Gasteiger charge is 2.36. The average Bonchev–Trinajstić information content (AvgIpc) is 2.81. The highest BCUT2D eigenvalue weighted by Crippen LogP contribution is 2.37. The number of thioether (sulfide) groups is 1. The van der Waals surface area contributed by atoms with E-state index in [1.165, 1.54) is 0 Å². The van der Waals surface area contributed by atoms with Crippen molar-refractivity contribution in [2.75, 3.05) is 12.0 Å². The first-order chi connectivity index (χ1) is 11.5. The van der Waals surface area contributed by atoms with Gasteiger partial charge in [0.25, 0.3) is 11.1 Å². The zero-order valence-electron chi connectivity index (χ0n) is 12.5. The molecule has 24 heavy (non-hydrogen) atoms. The minimum atomic E-state index is -0.380. The molecule has 1 aliphatic rings. The third-order valence-corrected chi connectivity index (χ3v) is 4.94. The molecular formula is C17H11BrClNO3S. The molecule has 0 unspecified atom stereocenters. The Hall–Kier alpha value is -1.76. The number of hydrogen-bond donors (Lipinski definition) is 0. The molecule has 0 bridgehead atoms. The van der Waals surface area contributed by atoms with Crippen LogP contribution in [-0.2, 0) is 4.79 Å². The lowest BCUT2D eigenvalue weighted by atomic mass is 10.2. The molecule has 0 radical (unpaired) electrons. The van der Waals surface area contributed by atoms with Gasteiger partial charge in [-0.15, -0.1) is 0 Å². The summed E-state index contributed by atoms with van der Waals surface area (Å²) in [5, 5.41) is 0.103. The van der Waals surface area contributed by atoms with E-state index in [-0.39, 0.29) is 11.1 Å². The van der Waals surface area contributed by atoms with Crippen LogP contribution >= 0.6 is 39.3 Å². The summed E-state index contributed by atoms with van der Waals surface area (Å²) in [6, 6.07) is 12.1. The number of ether oxygens (including phenoxy) is 1. The Morgan fingerprint density at radius 3 is 2.71 bits per heavy atom. The summed E-state index contributed by atoms with van der Waals surface area (Å²) in [6.07, 6.45) is 1.65. The third kappa shape index (κ3) is 3.36. The molecule has 1 saturated heterocycles. The third-order valence-electron chi connectivity index (χ3n) is 3.34. The Kier molecular flexibility index (Phi) is 4.99. The van der Waals surface area contributed by atoms with E-state index in [2.05, 4.69) is 15.9 Å². The van der Waals surface area contributed by atoms with Crippen molar-refractivity contribution in [3.05, 3.63) is 62.4 Å². The van der Waals surface area contributed by atoms with Crippen LogP contribution < -0.4 is 9.64 Å². The van der Waals surface area contributed by atoms with E-state index >= 15 is 0 Å². The van der Waals surface area contributed by atoms with Gasteiger partial charge in [0.05, 0.1) is 17.7 Å². The second-order valence-corrected chi connectivity index (χ2v) is 7.23. The van der Waals surface area contributed by atoms with Gasteiger partial charge in [0.1, 0.15) is 5.75 Å². The molecule has 0 N–H and O–H groups in total. The lowest BCUT2D eigenvalue weighted by Gasteiger charge is -2.12. The maximum Gasteiger partial charge on any atom is 0.298 e. The van der Waals surface area contributed by atoms with Crippen molar-refractivity contribution < 1.29 is 14.3 Å². The van der Waals surface area contributed by atoms with Gasteiger partial charge in [0.2, 0.25) is 0 Å². The van der Waals surface area contributed by atoms with E-state index in [9.17, 15) is 9.59 Å². The molecule has 4 nitrogen and oxygen atoms in total. The van der Waals surface area contributed by atoms with E-state index < -0.39 is 0 Å². The van der Waals surface area contributed by atoms with Crippen molar-refractivity contribution in [1.29, 1.82) is 0 Å². The highest BCUT2D eigenvalue weighted by molar-refractivity contribution is 9.10. The number of methoxy groups -OCH3 is 1. The van der Waals surface area contributed by atoms with E-state index in [1.807, 2.05) is 12.1 Å². The second kappa shape index (κ2) is 7.01. The summed E-state index contributed by atoms with van der Waals surface area (Å²) in [5.41, 5.74) is 1.16. The molecule has 1 fully saturated rings. The van der Waals surface area contributed by atoms with Gasteiger partial charge in [-0.2, -0.15) is 0 Å². The monoisotopic (exact) mass is 423 g/mol. The minimum Gasteiger partial charge on any atom is -0.496 e. The Labute approximate surface area is 156 Å². The van der Waals surface area contributed by atoms with Gasteiger partial charge in [-0.1, -0.05) is 33.6 Å². The molecule has 2 aromatic rings. The highest BCUT2D eigenvalue weighted by atomic mass is 79.9. The predicted octanol–water partition coefficient (Wildman–Crippen LogP) is 5.35. The largest absolute Gasteiger partial charge is 0.496 e. The quantitative estimate of drug-likeness (QED) is 0.623. The maximum atomic E-state index is 12.6. The topological polar surface area (TPSA) is 46.6 Å². The predicted molar refractivity (Wildman–Crippen MR) is 101 cm³/mol. The molecule has 2 aromatic carbocycles. The molecule has 0 aliphatic carbocycles. The normalized spacial score (nSPS) is 16.1. The number of amides is 2. The second-order valence-electron chi connectivity index (χ2n) is 4.88. The molecule has 0 atom stereocenters. The van der Waals surface area contributed by atoms with Gasteiger partial charge < -0.3 is 4.74 Å². The lowest BCUT2D eigenvalue weighted by Crippen LogP contribution is -2.27. The molecule has 122 valence electrons. The molecule has 0 spiro atoms. The molecule has 0 saturated carbocycles. The first-order valence-electron chi connectivity index (χ1n) is 6.86. The van der Waals surface area contributed by atoms with Crippen molar-refractivity contribution in [1.82, 2.24) is 0 Å². The van der Waals surface area contributed by atoms with Crippen LogP contribution in [0.2, 0.25) is 5.02 Å². The Bertz CT molecular complexity index is 869. The molecular weight excluding hydrogens is 414 g/mol. The number of imide groups is 1. The van der Waals surface area contributed by atoms with Crippen LogP contribution in [-0.4, -0.2) is 18.3 Å². The minimum absolute atomic E-state index is 0.330. The summed E-state index contributed by atoms with van der Waals surface area (Å²) >= 11 is 10.2. The fourth-order valence-corrected chi connectivity index (χ4v) is 3.66. The molecule has 7 heteroatoms. The Morgan fingerprint density at radius 2 is 2.00 bits per heavy atom. The molecule has 1 heterocycles. The van der Waals surface area contributed by atoms with Crippen LogP contribution in [0, 0.1) is 0 Å². The van der Waals surface area contributed by atoms with Crippen LogP contribution in [0.1, 0.15) is 5.56 Å². The molecule has 1 aliphatic heterocycles. The Balaban J connectivity index is 1.99. The zero-order chi connectivity index (χ0) is 17.3. The van der Waals surface area contributed by atoms with Gasteiger partial charge in [-0.05, 0) is 54.2 Å². The first kappa shape index (κ1) is 17.1. The molecule has 2 amide bonds.